The third kappa shape index (κ3) is 2.78. The van der Waals surface area contributed by atoms with Crippen LogP contribution < -0.4 is 4.90 Å². The van der Waals surface area contributed by atoms with Gasteiger partial charge in [0.05, 0.1) is 37.5 Å². The van der Waals surface area contributed by atoms with Crippen molar-refractivity contribution in [1.82, 2.24) is 0 Å². The summed E-state index contributed by atoms with van der Waals surface area (Å²) in [5, 5.41) is 10.5. The molecule has 148 valence electrons. The Bertz CT molecular complexity index is 824. The van der Waals surface area contributed by atoms with Crippen LogP contribution in [0.5, 0.6) is 0 Å². The standard InChI is InChI=1S/C19H19NO8/c1-26-10(21)7-8-11(22)27-17-14(23)15-12-13(16(17)28-15)19(25)20(18(12)24)9-5-3-2-4-6-9/h2-6,12-17,23H,7-8H2,1H3. The van der Waals surface area contributed by atoms with Crippen molar-refractivity contribution in [3.05, 3.63) is 30.3 Å². The summed E-state index contributed by atoms with van der Waals surface area (Å²) in [5.74, 6) is -3.76. The van der Waals surface area contributed by atoms with Crippen molar-refractivity contribution in [1.29, 1.82) is 0 Å². The highest BCUT2D eigenvalue weighted by atomic mass is 16.6. The Hall–Kier alpha value is -2.78. The van der Waals surface area contributed by atoms with Gasteiger partial charge in [0.1, 0.15) is 18.3 Å². The minimum absolute atomic E-state index is 0.154. The summed E-state index contributed by atoms with van der Waals surface area (Å²) in [7, 11) is 1.21. The van der Waals surface area contributed by atoms with Crippen LogP contribution in [0.15, 0.2) is 30.3 Å². The molecule has 6 atom stereocenters. The molecule has 3 saturated heterocycles. The van der Waals surface area contributed by atoms with Crippen molar-refractivity contribution in [2.75, 3.05) is 12.0 Å². The zero-order chi connectivity index (χ0) is 20.0. The largest absolute Gasteiger partial charge is 0.469 e. The molecule has 2 bridgehead atoms. The fraction of sp³-hybridized carbons (Fsp3) is 0.474. The summed E-state index contributed by atoms with van der Waals surface area (Å²) in [6, 6.07) is 8.52. The number of esters is 2. The van der Waals surface area contributed by atoms with Crippen molar-refractivity contribution in [3.63, 3.8) is 0 Å². The number of hydrogen-bond donors (Lipinski definition) is 1. The number of anilines is 1. The van der Waals surface area contributed by atoms with Crippen molar-refractivity contribution < 1.29 is 38.5 Å². The molecule has 2 amide bonds. The van der Waals surface area contributed by atoms with E-state index in [1.807, 2.05) is 0 Å². The monoisotopic (exact) mass is 389 g/mol. The molecule has 3 fully saturated rings. The normalized spacial score (nSPS) is 33.1. The highest BCUT2D eigenvalue weighted by molar-refractivity contribution is 6.22. The predicted molar refractivity (Wildman–Crippen MR) is 91.7 cm³/mol. The van der Waals surface area contributed by atoms with Gasteiger partial charge in [-0.05, 0) is 12.1 Å². The number of carbonyl (C=O) groups is 4. The quantitative estimate of drug-likeness (QED) is 0.543. The van der Waals surface area contributed by atoms with E-state index in [9.17, 15) is 24.3 Å². The van der Waals surface area contributed by atoms with Gasteiger partial charge in [-0.3, -0.25) is 19.2 Å². The van der Waals surface area contributed by atoms with E-state index in [0.29, 0.717) is 5.69 Å². The van der Waals surface area contributed by atoms with Crippen LogP contribution in [-0.2, 0) is 33.4 Å². The van der Waals surface area contributed by atoms with Crippen molar-refractivity contribution in [3.8, 4) is 0 Å². The van der Waals surface area contributed by atoms with E-state index in [1.165, 1.54) is 7.11 Å². The van der Waals surface area contributed by atoms with Gasteiger partial charge in [0.25, 0.3) is 0 Å². The molecule has 9 nitrogen and oxygen atoms in total. The Morgan fingerprint density at radius 2 is 1.64 bits per heavy atom. The molecule has 3 aliphatic heterocycles. The highest BCUT2D eigenvalue weighted by Gasteiger charge is 2.70. The second-order valence-electron chi connectivity index (χ2n) is 6.99. The predicted octanol–water partition coefficient (Wildman–Crippen LogP) is -0.201. The lowest BCUT2D eigenvalue weighted by molar-refractivity contribution is -0.161. The SMILES string of the molecule is COC(=O)CCC(=O)OC1C(O)C2OC1C1C(=O)N(c3ccccc3)C(=O)C21. The number of nitrogens with zero attached hydrogens (tertiary/aromatic N) is 1. The van der Waals surface area contributed by atoms with Gasteiger partial charge in [0, 0.05) is 0 Å². The third-order valence-electron chi connectivity index (χ3n) is 5.46. The zero-order valence-electron chi connectivity index (χ0n) is 15.0. The van der Waals surface area contributed by atoms with Gasteiger partial charge < -0.3 is 19.3 Å². The van der Waals surface area contributed by atoms with Gasteiger partial charge in [0.2, 0.25) is 11.8 Å². The first kappa shape index (κ1) is 18.6. The first-order valence-electron chi connectivity index (χ1n) is 8.96. The van der Waals surface area contributed by atoms with Crippen LogP contribution in [0, 0.1) is 11.8 Å². The number of ether oxygens (including phenoxy) is 3. The van der Waals surface area contributed by atoms with Crippen LogP contribution in [0.25, 0.3) is 0 Å². The number of aliphatic hydroxyl groups excluding tert-OH is 1. The van der Waals surface area contributed by atoms with Crippen LogP contribution in [0.3, 0.4) is 0 Å². The van der Waals surface area contributed by atoms with Gasteiger partial charge in [-0.15, -0.1) is 0 Å². The fourth-order valence-electron chi connectivity index (χ4n) is 4.20. The number of amides is 2. The molecular formula is C19H19NO8. The summed E-state index contributed by atoms with van der Waals surface area (Å²) >= 11 is 0. The van der Waals surface area contributed by atoms with Crippen molar-refractivity contribution in [2.45, 2.75) is 37.3 Å². The van der Waals surface area contributed by atoms with Gasteiger partial charge >= 0.3 is 11.9 Å². The lowest BCUT2D eigenvalue weighted by Crippen LogP contribution is -2.49. The molecule has 0 radical (unpaired) electrons. The second kappa shape index (κ2) is 6.99. The summed E-state index contributed by atoms with van der Waals surface area (Å²) in [4.78, 5) is 50.0. The topological polar surface area (TPSA) is 119 Å². The molecule has 1 aromatic carbocycles. The van der Waals surface area contributed by atoms with Crippen LogP contribution in [0.4, 0.5) is 5.69 Å². The van der Waals surface area contributed by atoms with E-state index in [4.69, 9.17) is 9.47 Å². The number of imide groups is 1. The maximum Gasteiger partial charge on any atom is 0.306 e. The molecule has 9 heteroatoms. The minimum atomic E-state index is -1.22. The van der Waals surface area contributed by atoms with Gasteiger partial charge in [-0.1, -0.05) is 18.2 Å². The van der Waals surface area contributed by atoms with Crippen LogP contribution in [0.1, 0.15) is 12.8 Å². The number of methoxy groups -OCH3 is 1. The molecular weight excluding hydrogens is 370 g/mol. The molecule has 3 heterocycles. The number of aliphatic hydroxyl groups is 1. The van der Waals surface area contributed by atoms with E-state index in [-0.39, 0.29) is 12.8 Å². The van der Waals surface area contributed by atoms with E-state index in [1.54, 1.807) is 30.3 Å². The van der Waals surface area contributed by atoms with Gasteiger partial charge in [0.15, 0.2) is 6.10 Å². The first-order valence-corrected chi connectivity index (χ1v) is 8.96. The molecule has 28 heavy (non-hydrogen) atoms. The lowest BCUT2D eigenvalue weighted by atomic mass is 9.78. The van der Waals surface area contributed by atoms with E-state index >= 15 is 0 Å². The van der Waals surface area contributed by atoms with Crippen LogP contribution in [0.2, 0.25) is 0 Å². The lowest BCUT2D eigenvalue weighted by Gasteiger charge is -2.28. The smallest absolute Gasteiger partial charge is 0.306 e. The summed E-state index contributed by atoms with van der Waals surface area (Å²) < 4.78 is 15.4. The van der Waals surface area contributed by atoms with Crippen molar-refractivity contribution >= 4 is 29.4 Å². The molecule has 1 N–H and O–H groups in total. The molecule has 0 aromatic heterocycles. The number of benzene rings is 1. The maximum absolute atomic E-state index is 12.9. The Kier molecular flexibility index (Phi) is 4.64. The summed E-state index contributed by atoms with van der Waals surface area (Å²) in [5.41, 5.74) is 0.451. The van der Waals surface area contributed by atoms with Gasteiger partial charge in [-0.2, -0.15) is 0 Å². The third-order valence-corrected chi connectivity index (χ3v) is 5.46. The zero-order valence-corrected chi connectivity index (χ0v) is 15.0. The second-order valence-corrected chi connectivity index (χ2v) is 6.99. The number of hydrogen-bond acceptors (Lipinski definition) is 8. The number of carbonyl (C=O) groups excluding carboxylic acids is 4. The average molecular weight is 389 g/mol. The molecule has 6 unspecified atom stereocenters. The van der Waals surface area contributed by atoms with E-state index < -0.39 is 60.0 Å². The molecule has 0 spiro atoms. The Morgan fingerprint density at radius 1 is 1.04 bits per heavy atom. The van der Waals surface area contributed by atoms with E-state index in [2.05, 4.69) is 4.74 Å². The van der Waals surface area contributed by atoms with E-state index in [0.717, 1.165) is 4.90 Å². The summed E-state index contributed by atoms with van der Waals surface area (Å²) in [6.07, 6.45) is -4.48. The minimum Gasteiger partial charge on any atom is -0.469 e. The van der Waals surface area contributed by atoms with Gasteiger partial charge in [-0.25, -0.2) is 4.90 Å². The molecule has 0 aliphatic carbocycles. The summed E-state index contributed by atoms with van der Waals surface area (Å²) in [6.45, 7) is 0. The Labute approximate surface area is 160 Å². The number of fused-ring (bicyclic) bond motifs is 5. The number of para-hydroxylation sites is 1. The molecule has 3 aliphatic rings. The van der Waals surface area contributed by atoms with Crippen LogP contribution in [-0.4, -0.2) is 60.4 Å². The number of rotatable bonds is 5. The Morgan fingerprint density at radius 3 is 2.29 bits per heavy atom. The molecule has 1 aromatic rings. The molecule has 4 rings (SSSR count). The highest BCUT2D eigenvalue weighted by Crippen LogP contribution is 2.50. The molecule has 0 saturated carbocycles. The van der Waals surface area contributed by atoms with Crippen molar-refractivity contribution in [2.24, 2.45) is 11.8 Å². The average Bonchev–Trinajstić information content (AvgIpc) is 3.31. The maximum atomic E-state index is 12.9. The van der Waals surface area contributed by atoms with Crippen LogP contribution >= 0.6 is 0 Å². The Balaban J connectivity index is 1.50. The first-order chi connectivity index (χ1) is 13.4. The fourth-order valence-corrected chi connectivity index (χ4v) is 4.20.